The van der Waals surface area contributed by atoms with Gasteiger partial charge in [-0.25, -0.2) is 9.79 Å². The largest absolute Gasteiger partial charge is 0.492 e. The highest BCUT2D eigenvalue weighted by Gasteiger charge is 2.29. The Morgan fingerprint density at radius 2 is 2.32 bits per heavy atom. The van der Waals surface area contributed by atoms with E-state index in [1.165, 1.54) is 12.1 Å². The van der Waals surface area contributed by atoms with Gasteiger partial charge in [-0.3, -0.25) is 10.0 Å². The topological polar surface area (TPSA) is 86.5 Å². The van der Waals surface area contributed by atoms with Crippen LogP contribution in [-0.2, 0) is 9.63 Å². The molecule has 2 aliphatic heterocycles. The predicted molar refractivity (Wildman–Crippen MR) is 67.9 cm³/mol. The first-order valence-electron chi connectivity index (χ1n) is 5.52. The number of aliphatic hydroxyl groups is 1. The molecule has 0 aromatic carbocycles. The fraction of sp³-hybridized carbons (Fsp3) is 0.0833. The Labute approximate surface area is 108 Å². The van der Waals surface area contributed by atoms with E-state index in [9.17, 15) is 9.90 Å². The summed E-state index contributed by atoms with van der Waals surface area (Å²) in [5.74, 6) is -1.09. The van der Waals surface area contributed by atoms with Gasteiger partial charge in [0.15, 0.2) is 0 Å². The van der Waals surface area contributed by atoms with Crippen LogP contribution in [0.15, 0.2) is 57.6 Å². The van der Waals surface area contributed by atoms with Gasteiger partial charge in [-0.1, -0.05) is 5.59 Å². The van der Waals surface area contributed by atoms with E-state index >= 15 is 0 Å². The molecule has 0 spiro atoms. The molecule has 0 amide bonds. The maximum Gasteiger partial charge on any atom is 0.382 e. The summed E-state index contributed by atoms with van der Waals surface area (Å²) in [5.41, 5.74) is 4.56. The van der Waals surface area contributed by atoms with Crippen molar-refractivity contribution in [2.45, 2.75) is 0 Å². The average Bonchev–Trinajstić information content (AvgIpc) is 2.95. The van der Waals surface area contributed by atoms with Crippen molar-refractivity contribution in [2.75, 3.05) is 7.05 Å². The number of hydrazine groups is 1. The Bertz CT molecular complexity index is 637. The van der Waals surface area contributed by atoms with Crippen LogP contribution in [0.2, 0.25) is 0 Å². The normalized spacial score (nSPS) is 25.4. The molecule has 3 rings (SSSR count). The lowest BCUT2D eigenvalue weighted by molar-refractivity contribution is -0.142. The van der Waals surface area contributed by atoms with Gasteiger partial charge in [0, 0.05) is 18.8 Å². The number of rotatable bonds is 1. The molecule has 0 unspecified atom stereocenters. The minimum atomic E-state index is -0.681. The molecule has 0 aromatic heterocycles. The Morgan fingerprint density at radius 1 is 1.47 bits per heavy atom. The van der Waals surface area contributed by atoms with Gasteiger partial charge in [-0.15, -0.1) is 0 Å². The van der Waals surface area contributed by atoms with Crippen LogP contribution in [0.25, 0.3) is 0 Å². The summed E-state index contributed by atoms with van der Waals surface area (Å²) in [7, 11) is 1.54. The van der Waals surface area contributed by atoms with Crippen LogP contribution in [0.3, 0.4) is 0 Å². The number of nitrogens with zero attached hydrogens (tertiary/aromatic N) is 3. The van der Waals surface area contributed by atoms with Gasteiger partial charge >= 0.3 is 5.97 Å². The number of carbonyl (C=O) groups excluding carboxylic acids is 1. The van der Waals surface area contributed by atoms with E-state index < -0.39 is 11.9 Å². The van der Waals surface area contributed by atoms with Crippen LogP contribution in [0.5, 0.6) is 0 Å². The van der Waals surface area contributed by atoms with E-state index in [1.807, 2.05) is 6.08 Å². The highest BCUT2D eigenvalue weighted by Crippen LogP contribution is 2.17. The minimum absolute atomic E-state index is 0.0410. The van der Waals surface area contributed by atoms with Crippen LogP contribution in [0.4, 0.5) is 0 Å². The standard InChI is InChI=1S/C12H10N4O3/c1-16-10(12(18)19-15-16)11(17)14-8-2-3-9-7(6-8)4-5-13-9/h2-6,15,17H,1H3/b11-10-,14-8-. The second kappa shape index (κ2) is 4.21. The molecule has 1 aliphatic carbocycles. The van der Waals surface area contributed by atoms with E-state index in [2.05, 4.69) is 20.4 Å². The number of likely N-dealkylation sites (N-methyl/N-ethyl adjacent to an activating group) is 1. The average molecular weight is 258 g/mol. The first-order chi connectivity index (χ1) is 9.15. The Balaban J connectivity index is 1.95. The summed E-state index contributed by atoms with van der Waals surface area (Å²) in [4.78, 5) is 24.0. The maximum atomic E-state index is 11.4. The summed E-state index contributed by atoms with van der Waals surface area (Å²) >= 11 is 0. The van der Waals surface area contributed by atoms with Gasteiger partial charge in [0.2, 0.25) is 11.6 Å². The lowest BCUT2D eigenvalue weighted by atomic mass is 10.0. The lowest BCUT2D eigenvalue weighted by Gasteiger charge is -2.08. The van der Waals surface area contributed by atoms with Crippen molar-refractivity contribution in [2.24, 2.45) is 9.98 Å². The quantitative estimate of drug-likeness (QED) is 0.407. The molecule has 2 heterocycles. The first kappa shape index (κ1) is 11.4. The Hall–Kier alpha value is -2.67. The van der Waals surface area contributed by atoms with Crippen LogP contribution < -0.4 is 5.59 Å². The zero-order valence-corrected chi connectivity index (χ0v) is 9.99. The zero-order valence-electron chi connectivity index (χ0n) is 9.99. The minimum Gasteiger partial charge on any atom is -0.492 e. The molecule has 3 aliphatic rings. The Morgan fingerprint density at radius 3 is 3.05 bits per heavy atom. The lowest BCUT2D eigenvalue weighted by Crippen LogP contribution is -2.24. The van der Waals surface area contributed by atoms with Crippen molar-refractivity contribution in [3.63, 3.8) is 0 Å². The van der Waals surface area contributed by atoms with Crippen molar-refractivity contribution in [1.29, 1.82) is 0 Å². The molecule has 7 nitrogen and oxygen atoms in total. The highest BCUT2D eigenvalue weighted by atomic mass is 16.7. The van der Waals surface area contributed by atoms with E-state index in [-0.39, 0.29) is 5.70 Å². The third kappa shape index (κ3) is 1.95. The van der Waals surface area contributed by atoms with Crippen molar-refractivity contribution in [3.8, 4) is 0 Å². The summed E-state index contributed by atoms with van der Waals surface area (Å²) in [5, 5.41) is 11.1. The van der Waals surface area contributed by atoms with Crippen LogP contribution in [-0.4, -0.2) is 34.6 Å². The van der Waals surface area contributed by atoms with Gasteiger partial charge in [-0.2, -0.15) is 0 Å². The maximum absolute atomic E-state index is 11.4. The third-order valence-electron chi connectivity index (χ3n) is 2.73. The second-order valence-corrected chi connectivity index (χ2v) is 4.01. The molecular formula is C12H10N4O3. The second-order valence-electron chi connectivity index (χ2n) is 4.01. The van der Waals surface area contributed by atoms with Gasteiger partial charge in [0.1, 0.15) is 0 Å². The molecule has 1 fully saturated rings. The summed E-state index contributed by atoms with van der Waals surface area (Å²) in [6.45, 7) is 0. The van der Waals surface area contributed by atoms with E-state index in [4.69, 9.17) is 0 Å². The molecule has 19 heavy (non-hydrogen) atoms. The van der Waals surface area contributed by atoms with Crippen LogP contribution >= 0.6 is 0 Å². The monoisotopic (exact) mass is 258 g/mol. The van der Waals surface area contributed by atoms with Crippen molar-refractivity contribution >= 4 is 17.4 Å². The van der Waals surface area contributed by atoms with Gasteiger partial charge in [-0.05, 0) is 24.3 Å². The van der Waals surface area contributed by atoms with E-state index in [0.717, 1.165) is 11.3 Å². The molecule has 0 bridgehead atoms. The molecule has 0 atom stereocenters. The fourth-order valence-corrected chi connectivity index (χ4v) is 1.82. The molecule has 0 saturated carbocycles. The summed E-state index contributed by atoms with van der Waals surface area (Å²) < 4.78 is 0. The molecule has 1 saturated heterocycles. The summed E-state index contributed by atoms with van der Waals surface area (Å²) in [6.07, 6.45) is 8.81. The predicted octanol–water partition coefficient (Wildman–Crippen LogP) is 0.527. The van der Waals surface area contributed by atoms with E-state index in [0.29, 0.717) is 5.71 Å². The number of hydrogen-bond donors (Lipinski definition) is 2. The summed E-state index contributed by atoms with van der Waals surface area (Å²) in [6, 6.07) is 0. The molecule has 96 valence electrons. The molecular weight excluding hydrogens is 248 g/mol. The molecule has 2 N–H and O–H groups in total. The molecule has 0 radical (unpaired) electrons. The Kier molecular flexibility index (Phi) is 2.53. The zero-order chi connectivity index (χ0) is 13.4. The molecule has 7 heteroatoms. The van der Waals surface area contributed by atoms with Gasteiger partial charge in [0.25, 0.3) is 0 Å². The first-order valence-corrected chi connectivity index (χ1v) is 5.52. The third-order valence-corrected chi connectivity index (χ3v) is 2.73. The number of aliphatic hydroxyl groups excluding tert-OH is 1. The van der Waals surface area contributed by atoms with Crippen LogP contribution in [0.1, 0.15) is 0 Å². The number of carbonyl (C=O) groups is 1. The molecule has 0 aromatic rings. The number of aliphatic imine (C=N–C) groups is 2. The number of fused-ring (bicyclic) bond motifs is 1. The van der Waals surface area contributed by atoms with Gasteiger partial charge < -0.3 is 9.94 Å². The van der Waals surface area contributed by atoms with E-state index in [1.54, 1.807) is 24.4 Å². The number of hydrogen-bond acceptors (Lipinski definition) is 7. The van der Waals surface area contributed by atoms with Crippen LogP contribution in [0, 0.1) is 0 Å². The van der Waals surface area contributed by atoms with Crippen molar-refractivity contribution in [3.05, 3.63) is 47.7 Å². The smallest absolute Gasteiger partial charge is 0.382 e. The highest BCUT2D eigenvalue weighted by molar-refractivity contribution is 6.23. The number of allylic oxidation sites excluding steroid dienone is 5. The SMILES string of the molecule is CN1NOC(=O)/C1=C(O)\N=C1\C=CC2=NC=CC2=C1. The fourth-order valence-electron chi connectivity index (χ4n) is 1.82. The van der Waals surface area contributed by atoms with Gasteiger partial charge in [0.05, 0.1) is 11.4 Å². The van der Waals surface area contributed by atoms with Crippen molar-refractivity contribution < 1.29 is 14.7 Å². The number of nitrogens with one attached hydrogen (secondary N) is 1. The van der Waals surface area contributed by atoms with Crippen molar-refractivity contribution in [1.82, 2.24) is 10.6 Å².